The van der Waals surface area contributed by atoms with Gasteiger partial charge in [-0.2, -0.15) is 0 Å². The van der Waals surface area contributed by atoms with Crippen LogP contribution < -0.4 is 5.32 Å². The molecular formula is C20H31N3O3S. The van der Waals surface area contributed by atoms with E-state index in [0.717, 1.165) is 52.1 Å². The predicted octanol–water partition coefficient (Wildman–Crippen LogP) is 2.28. The van der Waals surface area contributed by atoms with Crippen molar-refractivity contribution in [1.29, 1.82) is 0 Å². The summed E-state index contributed by atoms with van der Waals surface area (Å²) in [7, 11) is 0. The normalized spacial score (nSPS) is 22.4. The third-order valence-electron chi connectivity index (χ3n) is 5.44. The van der Waals surface area contributed by atoms with Crippen LogP contribution >= 0.6 is 11.3 Å². The summed E-state index contributed by atoms with van der Waals surface area (Å²) in [5.74, 6) is 0.173. The Morgan fingerprint density at radius 2 is 2.15 bits per heavy atom. The van der Waals surface area contributed by atoms with Gasteiger partial charge < -0.3 is 15.0 Å². The summed E-state index contributed by atoms with van der Waals surface area (Å²) >= 11 is 1.74. The van der Waals surface area contributed by atoms with E-state index in [9.17, 15) is 9.59 Å². The molecule has 150 valence electrons. The molecule has 2 aliphatic rings. The largest absolute Gasteiger partial charge is 0.379 e. The van der Waals surface area contributed by atoms with Gasteiger partial charge in [-0.05, 0) is 30.7 Å². The Balaban J connectivity index is 1.56. The average Bonchev–Trinajstić information content (AvgIpc) is 3.23. The quantitative estimate of drug-likeness (QED) is 0.772. The van der Waals surface area contributed by atoms with Crippen LogP contribution in [0.5, 0.6) is 0 Å². The maximum Gasteiger partial charge on any atom is 0.224 e. The second kappa shape index (κ2) is 10.2. The lowest BCUT2D eigenvalue weighted by molar-refractivity contribution is -0.135. The highest BCUT2D eigenvalue weighted by molar-refractivity contribution is 7.10. The summed E-state index contributed by atoms with van der Waals surface area (Å²) < 4.78 is 5.48. The number of ether oxygens (including phenoxy) is 1. The molecule has 6 nitrogen and oxygen atoms in total. The lowest BCUT2D eigenvalue weighted by atomic mass is 9.96. The molecule has 2 unspecified atom stereocenters. The minimum Gasteiger partial charge on any atom is -0.379 e. The number of amides is 2. The zero-order valence-electron chi connectivity index (χ0n) is 16.2. The molecule has 1 aromatic heterocycles. The summed E-state index contributed by atoms with van der Waals surface area (Å²) in [6.45, 7) is 7.24. The molecular weight excluding hydrogens is 362 g/mol. The van der Waals surface area contributed by atoms with Gasteiger partial charge in [-0.1, -0.05) is 13.0 Å². The molecule has 2 fully saturated rings. The first-order chi connectivity index (χ1) is 13.2. The Morgan fingerprint density at radius 1 is 1.33 bits per heavy atom. The number of nitrogens with one attached hydrogen (secondary N) is 1. The van der Waals surface area contributed by atoms with E-state index in [1.807, 2.05) is 11.8 Å². The van der Waals surface area contributed by atoms with E-state index in [4.69, 9.17) is 4.74 Å². The maximum absolute atomic E-state index is 12.8. The van der Waals surface area contributed by atoms with Gasteiger partial charge in [0.1, 0.15) is 0 Å². The van der Waals surface area contributed by atoms with Gasteiger partial charge in [0.15, 0.2) is 0 Å². The van der Waals surface area contributed by atoms with E-state index < -0.39 is 0 Å². The molecule has 0 aliphatic carbocycles. The van der Waals surface area contributed by atoms with Crippen molar-refractivity contribution in [1.82, 2.24) is 15.1 Å². The van der Waals surface area contributed by atoms with Crippen LogP contribution in [0.25, 0.3) is 0 Å². The van der Waals surface area contributed by atoms with Crippen molar-refractivity contribution in [3.63, 3.8) is 0 Å². The SMILES string of the molecule is CCCC(=O)N1CCCC(C(=O)NCC(c2cccs2)N2CCOCC2)C1. The van der Waals surface area contributed by atoms with E-state index in [2.05, 4.69) is 27.7 Å². The highest BCUT2D eigenvalue weighted by Gasteiger charge is 2.29. The van der Waals surface area contributed by atoms with Crippen molar-refractivity contribution in [2.24, 2.45) is 5.92 Å². The number of piperidine rings is 1. The lowest BCUT2D eigenvalue weighted by Crippen LogP contribution is -2.48. The highest BCUT2D eigenvalue weighted by atomic mass is 32.1. The summed E-state index contributed by atoms with van der Waals surface area (Å²) in [6, 6.07) is 4.40. The highest BCUT2D eigenvalue weighted by Crippen LogP contribution is 2.26. The van der Waals surface area contributed by atoms with Crippen LogP contribution in [0.4, 0.5) is 0 Å². The molecule has 0 bridgehead atoms. The third-order valence-corrected chi connectivity index (χ3v) is 6.41. The molecule has 0 spiro atoms. The second-order valence-corrected chi connectivity index (χ2v) is 8.33. The number of hydrogen-bond donors (Lipinski definition) is 1. The van der Waals surface area contributed by atoms with Gasteiger partial charge in [0.2, 0.25) is 11.8 Å². The van der Waals surface area contributed by atoms with E-state index in [1.54, 1.807) is 11.3 Å². The van der Waals surface area contributed by atoms with Crippen LogP contribution in [0.3, 0.4) is 0 Å². The van der Waals surface area contributed by atoms with Gasteiger partial charge in [0, 0.05) is 44.0 Å². The number of hydrogen-bond acceptors (Lipinski definition) is 5. The van der Waals surface area contributed by atoms with E-state index in [-0.39, 0.29) is 23.8 Å². The summed E-state index contributed by atoms with van der Waals surface area (Å²) in [4.78, 5) is 30.5. The van der Waals surface area contributed by atoms with E-state index in [0.29, 0.717) is 19.5 Å². The molecule has 1 aromatic rings. The molecule has 0 aromatic carbocycles. The van der Waals surface area contributed by atoms with Crippen LogP contribution in [0.1, 0.15) is 43.5 Å². The van der Waals surface area contributed by atoms with Crippen LogP contribution in [0.15, 0.2) is 17.5 Å². The van der Waals surface area contributed by atoms with E-state index in [1.165, 1.54) is 4.88 Å². The molecule has 27 heavy (non-hydrogen) atoms. The zero-order chi connectivity index (χ0) is 19.1. The number of morpholine rings is 1. The topological polar surface area (TPSA) is 61.9 Å². The van der Waals surface area contributed by atoms with Crippen molar-refractivity contribution in [3.8, 4) is 0 Å². The molecule has 3 heterocycles. The molecule has 7 heteroatoms. The number of rotatable bonds is 7. The number of carbonyl (C=O) groups is 2. The number of thiophene rings is 1. The summed E-state index contributed by atoms with van der Waals surface area (Å²) in [5, 5.41) is 5.26. The number of nitrogens with zero attached hydrogens (tertiary/aromatic N) is 2. The smallest absolute Gasteiger partial charge is 0.224 e. The molecule has 0 radical (unpaired) electrons. The lowest BCUT2D eigenvalue weighted by Gasteiger charge is -2.35. The van der Waals surface area contributed by atoms with Gasteiger partial charge >= 0.3 is 0 Å². The van der Waals surface area contributed by atoms with Crippen molar-refractivity contribution in [2.45, 2.75) is 38.6 Å². The van der Waals surface area contributed by atoms with Gasteiger partial charge in [-0.25, -0.2) is 0 Å². The molecule has 3 rings (SSSR count). The second-order valence-electron chi connectivity index (χ2n) is 7.35. The van der Waals surface area contributed by atoms with E-state index >= 15 is 0 Å². The van der Waals surface area contributed by atoms with Crippen molar-refractivity contribution < 1.29 is 14.3 Å². The summed E-state index contributed by atoms with van der Waals surface area (Å²) in [5.41, 5.74) is 0. The molecule has 2 saturated heterocycles. The van der Waals surface area contributed by atoms with Crippen LogP contribution in [-0.2, 0) is 14.3 Å². The molecule has 2 aliphatic heterocycles. The Morgan fingerprint density at radius 3 is 2.85 bits per heavy atom. The van der Waals surface area contributed by atoms with Gasteiger partial charge in [0.25, 0.3) is 0 Å². The molecule has 2 atom stereocenters. The fourth-order valence-electron chi connectivity index (χ4n) is 3.91. The van der Waals surface area contributed by atoms with Crippen LogP contribution in [-0.4, -0.2) is 67.6 Å². The first-order valence-electron chi connectivity index (χ1n) is 10.1. The average molecular weight is 394 g/mol. The monoisotopic (exact) mass is 393 g/mol. The first-order valence-corrected chi connectivity index (χ1v) is 11.0. The van der Waals surface area contributed by atoms with Gasteiger partial charge in [-0.15, -0.1) is 11.3 Å². The number of likely N-dealkylation sites (tertiary alicyclic amines) is 1. The Labute approximate surface area is 165 Å². The molecule has 2 amide bonds. The predicted molar refractivity (Wildman–Crippen MR) is 107 cm³/mol. The minimum atomic E-state index is -0.0896. The molecule has 0 saturated carbocycles. The summed E-state index contributed by atoms with van der Waals surface area (Å²) in [6.07, 6.45) is 3.20. The van der Waals surface area contributed by atoms with Crippen LogP contribution in [0, 0.1) is 5.92 Å². The third kappa shape index (κ3) is 5.53. The van der Waals surface area contributed by atoms with Gasteiger partial charge in [0.05, 0.1) is 25.2 Å². The van der Waals surface area contributed by atoms with Gasteiger partial charge in [-0.3, -0.25) is 14.5 Å². The number of carbonyl (C=O) groups excluding carboxylic acids is 2. The molecule has 1 N–H and O–H groups in total. The zero-order valence-corrected chi connectivity index (χ0v) is 17.0. The standard InChI is InChI=1S/C20H31N3O3S/c1-2-5-19(24)23-8-3-6-16(15-23)20(25)21-14-17(18-7-4-13-27-18)22-9-11-26-12-10-22/h4,7,13,16-17H,2-3,5-6,8-12,14-15H2,1H3,(H,21,25). The maximum atomic E-state index is 12.8. The Hall–Kier alpha value is -1.44. The first kappa shape index (κ1) is 20.3. The Kier molecular flexibility index (Phi) is 7.67. The van der Waals surface area contributed by atoms with Crippen molar-refractivity contribution >= 4 is 23.2 Å². The van der Waals surface area contributed by atoms with Crippen molar-refractivity contribution in [2.75, 3.05) is 45.9 Å². The Bertz CT molecular complexity index is 602. The minimum absolute atomic E-state index is 0.0822. The fraction of sp³-hybridized carbons (Fsp3) is 0.700. The van der Waals surface area contributed by atoms with Crippen LogP contribution in [0.2, 0.25) is 0 Å². The van der Waals surface area contributed by atoms with Crippen molar-refractivity contribution in [3.05, 3.63) is 22.4 Å². The fourth-order valence-corrected chi connectivity index (χ4v) is 4.77.